The molecule has 0 bridgehead atoms. The molecule has 570 valence electrons. The van der Waals surface area contributed by atoms with Crippen molar-refractivity contribution in [2.75, 3.05) is 39.6 Å². The van der Waals surface area contributed by atoms with Crippen LogP contribution in [-0.4, -0.2) is 56.5 Å². The number of halogens is 9. The van der Waals surface area contributed by atoms with Crippen LogP contribution in [0.15, 0.2) is 109 Å². The van der Waals surface area contributed by atoms with Gasteiger partial charge in [-0.3, -0.25) is 0 Å². The minimum absolute atomic E-state index is 0.0180. The molecule has 0 aromatic heterocycles. The second kappa shape index (κ2) is 36.9. The molecule has 3 fully saturated rings. The van der Waals surface area contributed by atoms with Crippen molar-refractivity contribution < 1.29 is 73.0 Å². The van der Waals surface area contributed by atoms with Crippen LogP contribution in [0, 0.1) is 58.1 Å². The number of benzene rings is 6. The number of aliphatic hydroxyl groups is 1. The third-order valence-corrected chi connectivity index (χ3v) is 17.2. The predicted octanol–water partition coefficient (Wildman–Crippen LogP) is 24.8. The van der Waals surface area contributed by atoms with Gasteiger partial charge in [-0.15, -0.1) is 0 Å². The predicted molar refractivity (Wildman–Crippen MR) is 397 cm³/mol. The second-order valence-corrected chi connectivity index (χ2v) is 35.5. The Bertz CT molecular complexity index is 3340. The zero-order valence-electron chi connectivity index (χ0n) is 65.5. The molecule has 0 saturated heterocycles. The fourth-order valence-electron chi connectivity index (χ4n) is 9.96. The minimum Gasteiger partial charge on any atom is -0.490 e. The van der Waals surface area contributed by atoms with Crippen LogP contribution >= 0.6 is 0 Å². The summed E-state index contributed by atoms with van der Waals surface area (Å²) in [6.45, 7) is 47.2. The molecule has 0 heterocycles. The summed E-state index contributed by atoms with van der Waals surface area (Å²) in [5.74, 6) is 1.07. The molecular formula is C86H121F9O7. The molecule has 0 unspecified atom stereocenters. The molecule has 6 aromatic rings. The number of hydrogen-bond acceptors (Lipinski definition) is 7. The molecule has 0 amide bonds. The Morgan fingerprint density at radius 1 is 0.284 bits per heavy atom. The van der Waals surface area contributed by atoms with E-state index in [-0.39, 0.29) is 85.1 Å². The zero-order chi connectivity index (χ0) is 77.2. The van der Waals surface area contributed by atoms with Gasteiger partial charge in [-0.25, -0.2) is 26.3 Å². The van der Waals surface area contributed by atoms with Crippen molar-refractivity contribution in [1.82, 2.24) is 0 Å². The largest absolute Gasteiger partial charge is 0.490 e. The summed E-state index contributed by atoms with van der Waals surface area (Å²) in [7, 11) is 0. The van der Waals surface area contributed by atoms with E-state index in [9.17, 15) is 44.6 Å². The van der Waals surface area contributed by atoms with E-state index in [0.717, 1.165) is 27.8 Å². The smallest absolute Gasteiger partial charge is 0.422 e. The lowest BCUT2D eigenvalue weighted by atomic mass is 9.86. The van der Waals surface area contributed by atoms with E-state index >= 15 is 0 Å². The van der Waals surface area contributed by atoms with Gasteiger partial charge in [0.25, 0.3) is 0 Å². The zero-order valence-corrected chi connectivity index (χ0v) is 65.5. The van der Waals surface area contributed by atoms with Crippen LogP contribution in [0.25, 0.3) is 0 Å². The van der Waals surface area contributed by atoms with Gasteiger partial charge in [0, 0.05) is 0 Å². The van der Waals surface area contributed by atoms with Gasteiger partial charge in [-0.2, -0.15) is 13.2 Å². The first-order chi connectivity index (χ1) is 46.7. The van der Waals surface area contributed by atoms with Crippen molar-refractivity contribution in [3.8, 4) is 34.5 Å². The fraction of sp³-hybridized carbons (Fsp3) is 0.581. The van der Waals surface area contributed by atoms with E-state index in [1.54, 1.807) is 74.5 Å². The van der Waals surface area contributed by atoms with Crippen molar-refractivity contribution in [3.05, 3.63) is 177 Å². The summed E-state index contributed by atoms with van der Waals surface area (Å²) in [5, 5.41) is 9.51. The van der Waals surface area contributed by atoms with Gasteiger partial charge in [0.1, 0.15) is 6.61 Å². The number of alkyl halides is 3. The van der Waals surface area contributed by atoms with Crippen LogP contribution < -0.4 is 28.4 Å². The Morgan fingerprint density at radius 3 is 0.667 bits per heavy atom. The summed E-state index contributed by atoms with van der Waals surface area (Å²) in [6, 6.07) is 30.1. The first kappa shape index (κ1) is 87.9. The van der Waals surface area contributed by atoms with Crippen LogP contribution in [0.2, 0.25) is 0 Å². The first-order valence-corrected chi connectivity index (χ1v) is 36.0. The maximum atomic E-state index is 13.9. The number of hydrogen-bond donors (Lipinski definition) is 1. The molecule has 16 heteroatoms. The highest BCUT2D eigenvalue weighted by atomic mass is 19.4. The highest BCUT2D eigenvalue weighted by Gasteiger charge is 2.30. The van der Waals surface area contributed by atoms with E-state index in [4.69, 9.17) is 23.7 Å². The molecule has 0 spiro atoms. The maximum Gasteiger partial charge on any atom is 0.422 e. The molecule has 9 rings (SSSR count). The quantitative estimate of drug-likeness (QED) is 0.0968. The van der Waals surface area contributed by atoms with E-state index < -0.39 is 24.2 Å². The van der Waals surface area contributed by atoms with E-state index in [1.165, 1.54) is 76.0 Å². The average Bonchev–Trinajstić information content (AvgIpc) is 1.18. The lowest BCUT2D eigenvalue weighted by Gasteiger charge is -2.25. The SMILES string of the molecule is CC(C)(C)COc1ccc(C(C)(C)C)cc1F.CC(C)(C)c1ccc(OCC(F)(F)F)c(F)c1.CC(C)(C)c1ccc(OCC2CC2)c(F)c1.CC(C)(C)c1ccc(OCC2CCC2)c(F)c1.CC(C)(C)c1ccc(OCC2CCCC2)c(F)c1.CC(C)(O)COc1ccc(C(C)(C)C)cc1F. The third kappa shape index (κ3) is 32.6. The van der Waals surface area contributed by atoms with E-state index in [2.05, 4.69) is 109 Å². The summed E-state index contributed by atoms with van der Waals surface area (Å²) in [5.41, 5.74) is 4.25. The van der Waals surface area contributed by atoms with Crippen molar-refractivity contribution in [2.24, 2.45) is 23.2 Å². The summed E-state index contributed by atoms with van der Waals surface area (Å²) >= 11 is 0. The molecule has 102 heavy (non-hydrogen) atoms. The lowest BCUT2D eigenvalue weighted by molar-refractivity contribution is -0.153. The highest BCUT2D eigenvalue weighted by Crippen LogP contribution is 2.36. The van der Waals surface area contributed by atoms with Gasteiger partial charge in [-0.1, -0.05) is 201 Å². The van der Waals surface area contributed by atoms with E-state index in [1.807, 2.05) is 71.9 Å². The van der Waals surface area contributed by atoms with Crippen LogP contribution in [-0.2, 0) is 32.5 Å². The monoisotopic (exact) mass is 1440 g/mol. The molecule has 1 N–H and O–H groups in total. The molecule has 3 aliphatic rings. The Hall–Kier alpha value is -6.55. The van der Waals surface area contributed by atoms with Gasteiger partial charge >= 0.3 is 6.18 Å². The fourth-order valence-corrected chi connectivity index (χ4v) is 9.96. The van der Waals surface area contributed by atoms with Crippen LogP contribution in [0.5, 0.6) is 34.5 Å². The Labute approximate surface area is 606 Å². The van der Waals surface area contributed by atoms with Crippen LogP contribution in [0.4, 0.5) is 39.5 Å². The molecule has 3 saturated carbocycles. The maximum absolute atomic E-state index is 13.9. The van der Waals surface area contributed by atoms with Crippen molar-refractivity contribution in [3.63, 3.8) is 0 Å². The molecule has 0 radical (unpaired) electrons. The topological polar surface area (TPSA) is 75.6 Å². The first-order valence-electron chi connectivity index (χ1n) is 36.0. The molecule has 0 aliphatic heterocycles. The van der Waals surface area contributed by atoms with Gasteiger partial charge in [0.2, 0.25) is 0 Å². The minimum atomic E-state index is -4.46. The van der Waals surface area contributed by atoms with Gasteiger partial charge in [0.05, 0.1) is 32.0 Å². The summed E-state index contributed by atoms with van der Waals surface area (Å²) < 4.78 is 150. The van der Waals surface area contributed by atoms with Gasteiger partial charge < -0.3 is 33.5 Å². The number of ether oxygens (including phenoxy) is 6. The van der Waals surface area contributed by atoms with Crippen LogP contribution in [0.1, 0.15) is 250 Å². The van der Waals surface area contributed by atoms with Crippen LogP contribution in [0.3, 0.4) is 0 Å². The van der Waals surface area contributed by atoms with E-state index in [0.29, 0.717) is 72.7 Å². The molecule has 7 nitrogen and oxygen atoms in total. The molecule has 0 atom stereocenters. The molecular weight excluding hydrogens is 1320 g/mol. The van der Waals surface area contributed by atoms with Gasteiger partial charge in [-0.05, 0) is 214 Å². The lowest BCUT2D eigenvalue weighted by Crippen LogP contribution is -2.28. The molecule has 6 aromatic carbocycles. The number of rotatable bonds is 16. The van der Waals surface area contributed by atoms with Gasteiger partial charge in [0.15, 0.2) is 76.0 Å². The normalized spacial score (nSPS) is 14.7. The molecule has 3 aliphatic carbocycles. The standard InChI is InChI=1S/C16H23FO.C15H21FO.C15H23FO.C14H21FO2.C14H19FO.C12H14F4O/c1-16(2,3)13-8-9-15(14(17)10-13)18-11-12-6-4-5-7-12;1-15(2,3)12-7-8-14(13(16)9-12)17-10-11-5-4-6-11;1-14(2,3)10-17-13-8-7-11(9-12(13)16)15(4,5)6;1-13(2,3)10-6-7-12(11(15)8-10)17-9-14(4,5)16;1-14(2,3)11-6-7-13(12(15)8-11)16-9-10-4-5-10;1-11(2,3)8-4-5-10(9(13)6-8)17-7-12(14,15)16/h8-10,12H,4-7,11H2,1-3H3;7-9,11H,4-6,10H2,1-3H3;7-9H,10H2,1-6H3;6-8,16H,9H2,1-5H3;6-8,10H,4-5,9H2,1-3H3;4-6H,7H2,1-3H3. The Kier molecular flexibility index (Phi) is 31.8. The second-order valence-electron chi connectivity index (χ2n) is 35.5. The Morgan fingerprint density at radius 2 is 0.490 bits per heavy atom. The van der Waals surface area contributed by atoms with Crippen molar-refractivity contribution >= 4 is 0 Å². The highest BCUT2D eigenvalue weighted by molar-refractivity contribution is 5.38. The summed E-state index contributed by atoms with van der Waals surface area (Å²) in [6.07, 6.45) is 6.75. The third-order valence-electron chi connectivity index (χ3n) is 17.2. The Balaban J connectivity index is 0.000000259. The van der Waals surface area contributed by atoms with Crippen molar-refractivity contribution in [1.29, 1.82) is 0 Å². The van der Waals surface area contributed by atoms with Crippen molar-refractivity contribution in [2.45, 2.75) is 261 Å². The summed E-state index contributed by atoms with van der Waals surface area (Å²) in [4.78, 5) is 0. The average molecular weight is 1440 g/mol.